The Morgan fingerprint density at radius 1 is 1.10 bits per heavy atom. The van der Waals surface area contributed by atoms with Gasteiger partial charge in [-0.25, -0.2) is 26.3 Å². The fourth-order valence-electron chi connectivity index (χ4n) is 1.53. The molecule has 1 aromatic rings. The van der Waals surface area contributed by atoms with Gasteiger partial charge in [0, 0.05) is 7.11 Å². The van der Waals surface area contributed by atoms with Crippen LogP contribution in [0.4, 0.5) is 0 Å². The molecule has 0 saturated heterocycles. The zero-order valence-corrected chi connectivity index (χ0v) is 13.2. The lowest BCUT2D eigenvalue weighted by Crippen LogP contribution is -2.40. The summed E-state index contributed by atoms with van der Waals surface area (Å²) < 4.78 is 56.4. The number of nitrogens with one attached hydrogen (secondary N) is 2. The van der Waals surface area contributed by atoms with E-state index in [0.29, 0.717) is 0 Å². The lowest BCUT2D eigenvalue weighted by molar-refractivity contribution is 0.139. The molecule has 0 aliphatic carbocycles. The Balaban J connectivity index is 3.00. The average molecular weight is 338 g/mol. The molecule has 120 valence electrons. The van der Waals surface area contributed by atoms with Crippen molar-refractivity contribution >= 4 is 20.0 Å². The number of ether oxygens (including phenoxy) is 1. The number of methoxy groups -OCH3 is 1. The molecule has 1 aromatic carbocycles. The summed E-state index contributed by atoms with van der Waals surface area (Å²) in [5.41, 5.74) is 0. The van der Waals surface area contributed by atoms with Crippen molar-refractivity contribution < 1.29 is 26.7 Å². The van der Waals surface area contributed by atoms with Crippen molar-refractivity contribution in [3.05, 3.63) is 24.3 Å². The fourth-order valence-corrected chi connectivity index (χ4v) is 3.47. The quantitative estimate of drug-likeness (QED) is 0.552. The highest BCUT2D eigenvalue weighted by Crippen LogP contribution is 2.14. The highest BCUT2D eigenvalue weighted by molar-refractivity contribution is 7.90. The van der Waals surface area contributed by atoms with Crippen LogP contribution in [0.1, 0.15) is 0 Å². The fraction of sp³-hybridized carbons (Fsp3) is 0.455. The van der Waals surface area contributed by atoms with E-state index in [0.717, 1.165) is 0 Å². The maximum atomic E-state index is 12.1. The Kier molecular flexibility index (Phi) is 6.25. The third kappa shape index (κ3) is 4.73. The monoisotopic (exact) mass is 338 g/mol. The van der Waals surface area contributed by atoms with Gasteiger partial charge in [0.25, 0.3) is 0 Å². The molecule has 3 N–H and O–H groups in total. The molecule has 0 aliphatic rings. The van der Waals surface area contributed by atoms with E-state index in [-0.39, 0.29) is 16.4 Å². The molecule has 1 atom stereocenters. The molecule has 0 saturated carbocycles. The van der Waals surface area contributed by atoms with Gasteiger partial charge in [0.2, 0.25) is 20.0 Å². The van der Waals surface area contributed by atoms with Gasteiger partial charge in [-0.3, -0.25) is 0 Å². The molecule has 0 aromatic heterocycles. The van der Waals surface area contributed by atoms with Crippen LogP contribution in [0.25, 0.3) is 0 Å². The Morgan fingerprint density at radius 3 is 1.95 bits per heavy atom. The highest BCUT2D eigenvalue weighted by atomic mass is 32.2. The maximum Gasteiger partial charge on any atom is 0.240 e. The van der Waals surface area contributed by atoms with Crippen molar-refractivity contribution in [2.45, 2.75) is 15.8 Å². The summed E-state index contributed by atoms with van der Waals surface area (Å²) in [6.45, 7) is -0.402. The lowest BCUT2D eigenvalue weighted by Gasteiger charge is -2.15. The first kappa shape index (κ1) is 18.0. The topological polar surface area (TPSA) is 122 Å². The van der Waals surface area contributed by atoms with Crippen molar-refractivity contribution in [3.63, 3.8) is 0 Å². The molecule has 10 heteroatoms. The number of aliphatic hydroxyl groups excluding tert-OH is 1. The summed E-state index contributed by atoms with van der Waals surface area (Å²) in [6, 6.07) is 3.94. The minimum Gasteiger partial charge on any atom is -0.395 e. The van der Waals surface area contributed by atoms with E-state index in [1.807, 2.05) is 0 Å². The number of sulfonamides is 2. The second-order valence-electron chi connectivity index (χ2n) is 4.14. The van der Waals surface area contributed by atoms with Crippen LogP contribution in [0.2, 0.25) is 0 Å². The second kappa shape index (κ2) is 7.29. The summed E-state index contributed by atoms with van der Waals surface area (Å²) in [5, 5.41) is 9.06. The Labute approximate surface area is 124 Å². The van der Waals surface area contributed by atoms with Crippen LogP contribution in [0.3, 0.4) is 0 Å². The van der Waals surface area contributed by atoms with Gasteiger partial charge in [-0.1, -0.05) is 0 Å². The Hall–Kier alpha value is -1.04. The van der Waals surface area contributed by atoms with E-state index in [4.69, 9.17) is 9.84 Å². The lowest BCUT2D eigenvalue weighted by atomic mass is 10.4. The van der Waals surface area contributed by atoms with Crippen LogP contribution < -0.4 is 9.44 Å². The van der Waals surface area contributed by atoms with Gasteiger partial charge < -0.3 is 9.84 Å². The SMILES string of the molecule is CNS(=O)(=O)c1ccc(S(=O)(=O)NC(CO)COC)cc1. The minimum atomic E-state index is -3.87. The number of benzene rings is 1. The van der Waals surface area contributed by atoms with E-state index in [1.165, 1.54) is 38.4 Å². The Morgan fingerprint density at radius 2 is 1.57 bits per heavy atom. The largest absolute Gasteiger partial charge is 0.395 e. The normalized spacial score (nSPS) is 14.0. The average Bonchev–Trinajstić information content (AvgIpc) is 2.46. The van der Waals surface area contributed by atoms with Crippen LogP contribution in [0, 0.1) is 0 Å². The molecule has 0 heterocycles. The van der Waals surface area contributed by atoms with Crippen LogP contribution in [-0.2, 0) is 24.8 Å². The number of rotatable bonds is 8. The molecule has 21 heavy (non-hydrogen) atoms. The molecule has 0 spiro atoms. The predicted molar refractivity (Wildman–Crippen MR) is 75.8 cm³/mol. The van der Waals surface area contributed by atoms with E-state index in [2.05, 4.69) is 9.44 Å². The van der Waals surface area contributed by atoms with Crippen molar-refractivity contribution in [1.82, 2.24) is 9.44 Å². The van der Waals surface area contributed by atoms with Gasteiger partial charge in [0.05, 0.1) is 29.0 Å². The van der Waals surface area contributed by atoms with Crippen LogP contribution in [0.15, 0.2) is 34.1 Å². The van der Waals surface area contributed by atoms with Crippen LogP contribution in [-0.4, -0.2) is 55.4 Å². The molecule has 1 unspecified atom stereocenters. The summed E-state index contributed by atoms with van der Waals surface area (Å²) in [4.78, 5) is -0.147. The summed E-state index contributed by atoms with van der Waals surface area (Å²) in [6.07, 6.45) is 0. The molecule has 0 radical (unpaired) electrons. The first-order valence-corrected chi connectivity index (χ1v) is 8.89. The van der Waals surface area contributed by atoms with Gasteiger partial charge in [0.1, 0.15) is 0 Å². The maximum absolute atomic E-state index is 12.1. The van der Waals surface area contributed by atoms with Gasteiger partial charge in [-0.2, -0.15) is 0 Å². The third-order valence-corrected chi connectivity index (χ3v) is 5.59. The molecular weight excluding hydrogens is 320 g/mol. The smallest absolute Gasteiger partial charge is 0.240 e. The van der Waals surface area contributed by atoms with Gasteiger partial charge in [-0.15, -0.1) is 0 Å². The zero-order valence-electron chi connectivity index (χ0n) is 11.6. The van der Waals surface area contributed by atoms with Crippen LogP contribution >= 0.6 is 0 Å². The molecule has 8 nitrogen and oxygen atoms in total. The molecular formula is C11H18N2O6S2. The third-order valence-electron chi connectivity index (χ3n) is 2.62. The molecule has 0 bridgehead atoms. The van der Waals surface area contributed by atoms with Gasteiger partial charge in [0.15, 0.2) is 0 Å². The van der Waals surface area contributed by atoms with Gasteiger partial charge >= 0.3 is 0 Å². The van der Waals surface area contributed by atoms with Crippen molar-refractivity contribution in [2.75, 3.05) is 27.4 Å². The molecule has 0 aliphatic heterocycles. The van der Waals surface area contributed by atoms with Crippen molar-refractivity contribution in [2.24, 2.45) is 0 Å². The Bertz CT molecular complexity index is 654. The minimum absolute atomic E-state index is 0.0158. The highest BCUT2D eigenvalue weighted by Gasteiger charge is 2.20. The first-order chi connectivity index (χ1) is 9.76. The predicted octanol–water partition coefficient (Wildman–Crippen LogP) is -1.12. The van der Waals surface area contributed by atoms with E-state index >= 15 is 0 Å². The number of aliphatic hydroxyl groups is 1. The number of hydrogen-bond acceptors (Lipinski definition) is 6. The molecule has 0 fully saturated rings. The van der Waals surface area contributed by atoms with E-state index < -0.39 is 32.7 Å². The van der Waals surface area contributed by atoms with Crippen molar-refractivity contribution in [1.29, 1.82) is 0 Å². The first-order valence-electron chi connectivity index (χ1n) is 5.92. The van der Waals surface area contributed by atoms with Crippen molar-refractivity contribution in [3.8, 4) is 0 Å². The summed E-state index contributed by atoms with van der Waals surface area (Å²) in [5.74, 6) is 0. The molecule has 0 amide bonds. The van der Waals surface area contributed by atoms with Crippen LogP contribution in [0.5, 0.6) is 0 Å². The van der Waals surface area contributed by atoms with Gasteiger partial charge in [-0.05, 0) is 31.3 Å². The molecule has 1 rings (SSSR count). The van der Waals surface area contributed by atoms with E-state index in [1.54, 1.807) is 0 Å². The zero-order chi connectivity index (χ0) is 16.1. The second-order valence-corrected chi connectivity index (χ2v) is 7.74. The van der Waals surface area contributed by atoms with E-state index in [9.17, 15) is 16.8 Å². The standard InChI is InChI=1S/C11H18N2O6S2/c1-12-20(15,16)10-3-5-11(6-4-10)21(17,18)13-9(7-14)8-19-2/h3-6,9,12-14H,7-8H2,1-2H3. The summed E-state index contributed by atoms with van der Waals surface area (Å²) >= 11 is 0. The number of hydrogen-bond donors (Lipinski definition) is 3. The summed E-state index contributed by atoms with van der Waals surface area (Å²) in [7, 11) is -4.84.